The number of nitrogens with zero attached hydrogens (tertiary/aromatic N) is 3. The molecule has 1 aliphatic carbocycles. The first-order valence-electron chi connectivity index (χ1n) is 8.88. The fourth-order valence-corrected chi connectivity index (χ4v) is 3.53. The molecule has 0 aromatic carbocycles. The molecular weight excluding hydrogens is 331 g/mol. The molecule has 1 aromatic rings. The van der Waals surface area contributed by atoms with Crippen LogP contribution in [0.25, 0.3) is 0 Å². The number of rotatable bonds is 4. The highest BCUT2D eigenvalue weighted by Gasteiger charge is 2.33. The molecule has 1 aliphatic heterocycles. The Balaban J connectivity index is 1.52. The van der Waals surface area contributed by atoms with Crippen molar-refractivity contribution in [2.75, 3.05) is 31.6 Å². The van der Waals surface area contributed by atoms with Crippen LogP contribution in [0.1, 0.15) is 37.7 Å². The van der Waals surface area contributed by atoms with Crippen LogP contribution in [0.2, 0.25) is 0 Å². The van der Waals surface area contributed by atoms with Crippen LogP contribution in [0.3, 0.4) is 0 Å². The third kappa shape index (κ3) is 4.25. The summed E-state index contributed by atoms with van der Waals surface area (Å²) in [6.07, 6.45) is 1.82. The first kappa shape index (κ1) is 18.0. The number of alkyl halides is 3. The van der Waals surface area contributed by atoms with E-state index < -0.39 is 11.7 Å². The van der Waals surface area contributed by atoms with Crippen LogP contribution in [0.15, 0.2) is 18.3 Å². The third-order valence-corrected chi connectivity index (χ3v) is 5.38. The van der Waals surface area contributed by atoms with Gasteiger partial charge in [-0.05, 0) is 43.7 Å². The van der Waals surface area contributed by atoms with Gasteiger partial charge in [0.2, 0.25) is 5.91 Å². The normalized spacial score (nSPS) is 19.6. The van der Waals surface area contributed by atoms with Gasteiger partial charge >= 0.3 is 6.18 Å². The van der Waals surface area contributed by atoms with Crippen LogP contribution in [0, 0.1) is 11.8 Å². The topological polar surface area (TPSA) is 36.4 Å². The van der Waals surface area contributed by atoms with Gasteiger partial charge in [0, 0.05) is 38.8 Å². The number of carbonyl (C=O) groups is 1. The zero-order valence-corrected chi connectivity index (χ0v) is 14.4. The molecule has 1 saturated carbocycles. The second-order valence-corrected chi connectivity index (χ2v) is 7.18. The van der Waals surface area contributed by atoms with E-state index in [-0.39, 0.29) is 11.8 Å². The SMILES string of the molecule is CN(CC1CCN(C(=O)C2CCC2)CC1)c1cc(C(F)(F)F)ccn1. The van der Waals surface area contributed by atoms with Crippen LogP contribution >= 0.6 is 0 Å². The monoisotopic (exact) mass is 355 g/mol. The average molecular weight is 355 g/mol. The summed E-state index contributed by atoms with van der Waals surface area (Å²) >= 11 is 0. The van der Waals surface area contributed by atoms with Gasteiger partial charge in [-0.3, -0.25) is 4.79 Å². The standard InChI is InChI=1S/C18H24F3N3O/c1-23(16-11-15(5-8-22-16)18(19,20)21)12-13-6-9-24(10-7-13)17(25)14-3-2-4-14/h5,8,11,13-14H,2-4,6-7,9-10,12H2,1H3. The first-order chi connectivity index (χ1) is 11.8. The van der Waals surface area contributed by atoms with E-state index in [1.54, 1.807) is 11.9 Å². The zero-order valence-electron chi connectivity index (χ0n) is 14.4. The fourth-order valence-electron chi connectivity index (χ4n) is 3.53. The van der Waals surface area contributed by atoms with Crippen molar-refractivity contribution in [3.8, 4) is 0 Å². The summed E-state index contributed by atoms with van der Waals surface area (Å²) < 4.78 is 38.5. The van der Waals surface area contributed by atoms with Gasteiger partial charge in [0.1, 0.15) is 5.82 Å². The number of likely N-dealkylation sites (tertiary alicyclic amines) is 1. The predicted molar refractivity (Wildman–Crippen MR) is 89.2 cm³/mol. The van der Waals surface area contributed by atoms with Gasteiger partial charge in [-0.15, -0.1) is 0 Å². The molecule has 0 radical (unpaired) electrons. The van der Waals surface area contributed by atoms with Gasteiger partial charge in [0.05, 0.1) is 5.56 Å². The molecule has 7 heteroatoms. The van der Waals surface area contributed by atoms with Crippen LogP contribution in [0.5, 0.6) is 0 Å². The predicted octanol–water partition coefficient (Wildman–Crippen LogP) is 3.58. The van der Waals surface area contributed by atoms with Gasteiger partial charge in [0.25, 0.3) is 0 Å². The van der Waals surface area contributed by atoms with Gasteiger partial charge in [-0.1, -0.05) is 6.42 Å². The number of carbonyl (C=O) groups excluding carboxylic acids is 1. The molecule has 4 nitrogen and oxygen atoms in total. The summed E-state index contributed by atoms with van der Waals surface area (Å²) in [4.78, 5) is 20.1. The summed E-state index contributed by atoms with van der Waals surface area (Å²) in [7, 11) is 1.77. The highest BCUT2D eigenvalue weighted by molar-refractivity contribution is 5.79. The molecule has 0 spiro atoms. The molecule has 2 aliphatic rings. The highest BCUT2D eigenvalue weighted by Crippen LogP contribution is 2.32. The van der Waals surface area contributed by atoms with Crippen LogP contribution < -0.4 is 4.90 Å². The molecule has 1 aromatic heterocycles. The minimum absolute atomic E-state index is 0.230. The smallest absolute Gasteiger partial charge is 0.359 e. The summed E-state index contributed by atoms with van der Waals surface area (Å²) in [5.41, 5.74) is -0.676. The van der Waals surface area contributed by atoms with E-state index >= 15 is 0 Å². The lowest BCUT2D eigenvalue weighted by molar-refractivity contribution is -0.139. The van der Waals surface area contributed by atoms with E-state index in [4.69, 9.17) is 0 Å². The van der Waals surface area contributed by atoms with E-state index in [2.05, 4.69) is 4.98 Å². The van der Waals surface area contributed by atoms with Crippen molar-refractivity contribution in [2.45, 2.75) is 38.3 Å². The van der Waals surface area contributed by atoms with Crippen LogP contribution in [0.4, 0.5) is 19.0 Å². The number of pyridine rings is 1. The zero-order chi connectivity index (χ0) is 18.0. The number of aromatic nitrogens is 1. The van der Waals surface area contributed by atoms with E-state index in [0.29, 0.717) is 18.3 Å². The number of hydrogen-bond acceptors (Lipinski definition) is 3. The summed E-state index contributed by atoms with van der Waals surface area (Å²) in [6.45, 7) is 2.16. The van der Waals surface area contributed by atoms with Gasteiger partial charge in [-0.25, -0.2) is 4.98 Å². The Morgan fingerprint density at radius 1 is 1.28 bits per heavy atom. The van der Waals surface area contributed by atoms with Crippen molar-refractivity contribution in [3.63, 3.8) is 0 Å². The fraction of sp³-hybridized carbons (Fsp3) is 0.667. The van der Waals surface area contributed by atoms with Crippen LogP contribution in [-0.2, 0) is 11.0 Å². The largest absolute Gasteiger partial charge is 0.416 e. The molecule has 0 bridgehead atoms. The summed E-state index contributed by atoms with van der Waals surface area (Å²) in [5, 5.41) is 0. The molecule has 1 saturated heterocycles. The quantitative estimate of drug-likeness (QED) is 0.828. The maximum Gasteiger partial charge on any atom is 0.416 e. The Labute approximate surface area is 146 Å². The molecule has 138 valence electrons. The van der Waals surface area contributed by atoms with Crippen molar-refractivity contribution in [2.24, 2.45) is 11.8 Å². The number of hydrogen-bond donors (Lipinski definition) is 0. The molecule has 0 N–H and O–H groups in total. The van der Waals surface area contributed by atoms with E-state index in [1.807, 2.05) is 4.90 Å². The molecule has 2 heterocycles. The first-order valence-corrected chi connectivity index (χ1v) is 8.88. The minimum Gasteiger partial charge on any atom is -0.359 e. The number of anilines is 1. The second kappa shape index (κ2) is 7.22. The lowest BCUT2D eigenvalue weighted by atomic mass is 9.83. The van der Waals surface area contributed by atoms with E-state index in [1.165, 1.54) is 6.20 Å². The van der Waals surface area contributed by atoms with E-state index in [0.717, 1.165) is 57.3 Å². The minimum atomic E-state index is -4.36. The summed E-state index contributed by atoms with van der Waals surface area (Å²) in [6, 6.07) is 2.08. The average Bonchev–Trinajstić information content (AvgIpc) is 2.53. The Morgan fingerprint density at radius 3 is 2.52 bits per heavy atom. The number of piperidine rings is 1. The Hall–Kier alpha value is -1.79. The Kier molecular flexibility index (Phi) is 5.20. The van der Waals surface area contributed by atoms with Crippen LogP contribution in [-0.4, -0.2) is 42.5 Å². The molecular formula is C18H24F3N3O. The van der Waals surface area contributed by atoms with Gasteiger partial charge in [0.15, 0.2) is 0 Å². The molecule has 0 atom stereocenters. The molecule has 1 amide bonds. The second-order valence-electron chi connectivity index (χ2n) is 7.18. The number of halogens is 3. The lowest BCUT2D eigenvalue weighted by Crippen LogP contribution is -2.45. The van der Waals surface area contributed by atoms with Crippen molar-refractivity contribution in [3.05, 3.63) is 23.9 Å². The van der Waals surface area contributed by atoms with Gasteiger partial charge in [-0.2, -0.15) is 13.2 Å². The maximum atomic E-state index is 12.8. The van der Waals surface area contributed by atoms with Crippen molar-refractivity contribution in [1.29, 1.82) is 0 Å². The Bertz CT molecular complexity index is 608. The lowest BCUT2D eigenvalue weighted by Gasteiger charge is -2.37. The molecule has 3 rings (SSSR count). The van der Waals surface area contributed by atoms with Crippen molar-refractivity contribution in [1.82, 2.24) is 9.88 Å². The van der Waals surface area contributed by atoms with Gasteiger partial charge < -0.3 is 9.80 Å². The highest BCUT2D eigenvalue weighted by atomic mass is 19.4. The Morgan fingerprint density at radius 2 is 1.96 bits per heavy atom. The third-order valence-electron chi connectivity index (χ3n) is 5.38. The van der Waals surface area contributed by atoms with E-state index in [9.17, 15) is 18.0 Å². The molecule has 25 heavy (non-hydrogen) atoms. The van der Waals surface area contributed by atoms with Crippen molar-refractivity contribution < 1.29 is 18.0 Å². The van der Waals surface area contributed by atoms with Crippen molar-refractivity contribution >= 4 is 11.7 Å². The molecule has 2 fully saturated rings. The summed E-state index contributed by atoms with van der Waals surface area (Å²) in [5.74, 6) is 1.22. The maximum absolute atomic E-state index is 12.8. The molecule has 0 unspecified atom stereocenters. The number of amides is 1.